The molecule has 2 saturated heterocycles. The molecule has 5 heterocycles. The van der Waals surface area contributed by atoms with Gasteiger partial charge in [0.2, 0.25) is 5.82 Å². The molecule has 5 aromatic rings. The smallest absolute Gasteiger partial charge is 0.312 e. The monoisotopic (exact) mass is 1030 g/mol. The Morgan fingerprint density at radius 2 is 1.74 bits per heavy atom. The van der Waals surface area contributed by atoms with Crippen LogP contribution >= 0.6 is 0 Å². The maximum Gasteiger partial charge on any atom is 0.312 e. The minimum Gasteiger partial charge on any atom is -0.455 e. The molecule has 21 heteroatoms. The minimum absolute atomic E-state index is 0.0161. The molecule has 18 nitrogen and oxygen atoms in total. The fourth-order valence-corrected chi connectivity index (χ4v) is 12.7. The van der Waals surface area contributed by atoms with Gasteiger partial charge in [-0.25, -0.2) is 35.9 Å². The number of hydrogen-bond donors (Lipinski definition) is 4. The van der Waals surface area contributed by atoms with Crippen molar-refractivity contribution in [2.24, 2.45) is 11.3 Å². The number of carbonyl (C=O) groups is 1. The number of hydrogen-bond acceptors (Lipinski definition) is 15. The zero-order valence-electron chi connectivity index (χ0n) is 41.1. The third kappa shape index (κ3) is 11.4. The van der Waals surface area contributed by atoms with Crippen molar-refractivity contribution in [2.45, 2.75) is 101 Å². The van der Waals surface area contributed by atoms with Gasteiger partial charge in [-0.1, -0.05) is 38.1 Å². The Bertz CT molecular complexity index is 3050. The molecule has 4 aliphatic rings. The largest absolute Gasteiger partial charge is 0.455 e. The number of rotatable bonds is 16. The Hall–Kier alpha value is -5.74. The van der Waals surface area contributed by atoms with Gasteiger partial charge in [0.1, 0.15) is 37.7 Å². The molecule has 0 radical (unpaired) electrons. The number of halogens is 1. The number of piperazine rings is 1. The number of fused-ring (bicyclic) bond motifs is 1. The Morgan fingerprint density at radius 3 is 2.44 bits per heavy atom. The number of aromatic nitrogens is 3. The van der Waals surface area contributed by atoms with E-state index in [0.717, 1.165) is 63.3 Å². The summed E-state index contributed by atoms with van der Waals surface area (Å²) in [6.07, 6.45) is 11.3. The van der Waals surface area contributed by atoms with Crippen LogP contribution in [0.5, 0.6) is 11.5 Å². The highest BCUT2D eigenvalue weighted by atomic mass is 32.2. The summed E-state index contributed by atoms with van der Waals surface area (Å²) in [5, 5.41) is 25.6. The number of sulfonamides is 1. The number of aromatic amines is 1. The van der Waals surface area contributed by atoms with Crippen molar-refractivity contribution in [3.05, 3.63) is 106 Å². The second-order valence-electron chi connectivity index (χ2n) is 21.1. The number of nitrogens with zero attached hydrogens (tertiary/aromatic N) is 6. The first kappa shape index (κ1) is 51.2. The number of pyridine rings is 2. The van der Waals surface area contributed by atoms with Crippen molar-refractivity contribution in [3.8, 4) is 11.5 Å². The van der Waals surface area contributed by atoms with Crippen LogP contribution in [0.3, 0.4) is 0 Å². The minimum atomic E-state index is -4.72. The molecular weight excluding hydrogens is 966 g/mol. The summed E-state index contributed by atoms with van der Waals surface area (Å²) in [6, 6.07) is 16.3. The molecule has 2 aliphatic carbocycles. The van der Waals surface area contributed by atoms with Gasteiger partial charge < -0.3 is 25.0 Å². The van der Waals surface area contributed by atoms with Crippen LogP contribution in [0.4, 0.5) is 21.6 Å². The zero-order chi connectivity index (χ0) is 51.2. The first-order valence-corrected chi connectivity index (χ1v) is 28.3. The summed E-state index contributed by atoms with van der Waals surface area (Å²) < 4.78 is 74.7. The average Bonchev–Trinajstić information content (AvgIpc) is 3.70. The van der Waals surface area contributed by atoms with E-state index in [1.807, 2.05) is 4.72 Å². The fraction of sp³-hybridized carbons (Fsp3) is 0.510. The van der Waals surface area contributed by atoms with Gasteiger partial charge in [-0.05, 0) is 105 Å². The number of H-pyrrole nitrogens is 1. The van der Waals surface area contributed by atoms with E-state index in [9.17, 15) is 41.2 Å². The van der Waals surface area contributed by atoms with Crippen molar-refractivity contribution >= 4 is 54.0 Å². The Labute approximate surface area is 419 Å². The second kappa shape index (κ2) is 20.3. The molecule has 1 atom stereocenters. The van der Waals surface area contributed by atoms with Crippen LogP contribution < -0.4 is 19.7 Å². The van der Waals surface area contributed by atoms with E-state index in [-0.39, 0.29) is 57.0 Å². The van der Waals surface area contributed by atoms with Crippen LogP contribution in [0.1, 0.15) is 106 Å². The summed E-state index contributed by atoms with van der Waals surface area (Å²) in [5.74, 6) is -1.06. The molecule has 1 amide bonds. The molecule has 386 valence electrons. The zero-order valence-corrected chi connectivity index (χ0v) is 42.8. The molecule has 2 saturated carbocycles. The predicted molar refractivity (Wildman–Crippen MR) is 272 cm³/mol. The van der Waals surface area contributed by atoms with Crippen LogP contribution in [0.15, 0.2) is 78.1 Å². The highest BCUT2D eigenvalue weighted by molar-refractivity contribution is 7.90. The highest BCUT2D eigenvalue weighted by Crippen LogP contribution is 2.53. The van der Waals surface area contributed by atoms with E-state index in [0.29, 0.717) is 63.8 Å². The lowest BCUT2D eigenvalue weighted by atomic mass is 9.59. The van der Waals surface area contributed by atoms with Crippen molar-refractivity contribution in [1.82, 2.24) is 29.5 Å². The van der Waals surface area contributed by atoms with E-state index >= 15 is 0 Å². The van der Waals surface area contributed by atoms with Crippen LogP contribution in [0.25, 0.3) is 11.0 Å². The summed E-state index contributed by atoms with van der Waals surface area (Å²) in [7, 11) is -7.81. The first-order valence-electron chi connectivity index (χ1n) is 24.8. The molecule has 9 rings (SSSR count). The maximum absolute atomic E-state index is 14.7. The Kier molecular flexibility index (Phi) is 14.4. The summed E-state index contributed by atoms with van der Waals surface area (Å²) >= 11 is 0. The van der Waals surface area contributed by atoms with Crippen LogP contribution in [-0.2, 0) is 19.9 Å². The van der Waals surface area contributed by atoms with Gasteiger partial charge in [-0.2, -0.15) is 0 Å². The van der Waals surface area contributed by atoms with Gasteiger partial charge in [-0.3, -0.25) is 24.7 Å². The van der Waals surface area contributed by atoms with Crippen molar-refractivity contribution < 1.29 is 40.8 Å². The summed E-state index contributed by atoms with van der Waals surface area (Å²) in [6.45, 7) is 10.9. The lowest BCUT2D eigenvalue weighted by molar-refractivity contribution is -0.384. The quantitative estimate of drug-likeness (QED) is 0.0552. The maximum atomic E-state index is 14.7. The number of sulfone groups is 1. The first-order chi connectivity index (χ1) is 34.1. The molecule has 2 aromatic carbocycles. The SMILES string of the molecule is CC(C)c1ccccc1[C@@H]1CN(CCS(C)(=O)=O)CCN1C1CC2(CCN(c3ccc(C(=O)NS(=O)(=O)c4cnc(NCC5CCC(C)(O)CC5)c([N+](=O)[O-])c4)c(Oc4cnc5[nH]cc(F)c5c4)c3)CC2)C1. The fourth-order valence-electron chi connectivity index (χ4n) is 11.2. The number of carbonyl (C=O) groups excluding carboxylic acids is 1. The number of benzene rings is 2. The molecule has 4 fully saturated rings. The van der Waals surface area contributed by atoms with E-state index in [2.05, 4.69) is 73.1 Å². The van der Waals surface area contributed by atoms with Gasteiger partial charge in [-0.15, -0.1) is 0 Å². The summed E-state index contributed by atoms with van der Waals surface area (Å²) in [4.78, 5) is 43.1. The van der Waals surface area contributed by atoms with Crippen molar-refractivity contribution in [1.29, 1.82) is 0 Å². The molecule has 4 N–H and O–H groups in total. The molecule has 3 aromatic heterocycles. The Balaban J connectivity index is 0.903. The second-order valence-corrected chi connectivity index (χ2v) is 25.0. The lowest BCUT2D eigenvalue weighted by Crippen LogP contribution is -2.60. The van der Waals surface area contributed by atoms with E-state index < -0.39 is 52.7 Å². The molecule has 0 unspecified atom stereocenters. The van der Waals surface area contributed by atoms with E-state index in [1.165, 1.54) is 41.9 Å². The highest BCUT2D eigenvalue weighted by Gasteiger charge is 2.50. The number of ether oxygens (including phenoxy) is 1. The number of piperidine rings is 1. The average molecular weight is 1030 g/mol. The van der Waals surface area contributed by atoms with Crippen molar-refractivity contribution in [2.75, 3.05) is 68.0 Å². The summed E-state index contributed by atoms with van der Waals surface area (Å²) in [5.41, 5.74) is 2.28. The van der Waals surface area contributed by atoms with Crippen LogP contribution in [-0.4, -0.2) is 127 Å². The number of anilines is 2. The van der Waals surface area contributed by atoms with E-state index in [4.69, 9.17) is 4.74 Å². The standard InChI is InChI=1S/C51H64FN9O9S2/c1-33(2)39-7-5-6-8-40(39)45-32-58(21-22-71(4,66)67)19-20-60(45)36-26-51(27-36)15-17-59(18-16-51)35-9-10-41(46(23-35)70-37-24-42-43(52)31-56-47(42)54-29-37)49(62)57-72(68,69)38-25-44(61(64)65)48(55-30-38)53-28-34-11-13-50(3,63)14-12-34/h5-10,23-25,29-31,33-34,36,45,63H,11-22,26-28,32H2,1-4H3,(H,53,55)(H,54,56)(H,57,62)/t34?,45-,50?/m0/s1. The van der Waals surface area contributed by atoms with Crippen molar-refractivity contribution in [3.63, 3.8) is 0 Å². The Morgan fingerprint density at radius 1 is 1.00 bits per heavy atom. The third-order valence-corrected chi connectivity index (χ3v) is 17.7. The van der Waals surface area contributed by atoms with Gasteiger partial charge in [0, 0.05) is 88.2 Å². The lowest BCUT2D eigenvalue weighted by Gasteiger charge is -2.58. The van der Waals surface area contributed by atoms with Gasteiger partial charge in [0.05, 0.1) is 39.6 Å². The molecular formula is C51H64FN9O9S2. The van der Waals surface area contributed by atoms with Crippen LogP contribution in [0.2, 0.25) is 0 Å². The number of nitrogens with one attached hydrogen (secondary N) is 3. The number of nitro groups is 1. The predicted octanol–water partition coefficient (Wildman–Crippen LogP) is 7.55. The molecule has 0 bridgehead atoms. The van der Waals surface area contributed by atoms with Gasteiger partial charge in [0.15, 0.2) is 0 Å². The molecule has 72 heavy (non-hydrogen) atoms. The molecule has 2 aliphatic heterocycles. The normalized spacial score (nSPS) is 22.2. The van der Waals surface area contributed by atoms with Gasteiger partial charge >= 0.3 is 5.69 Å². The van der Waals surface area contributed by atoms with Crippen LogP contribution in [0, 0.1) is 27.3 Å². The van der Waals surface area contributed by atoms with E-state index in [1.54, 1.807) is 19.1 Å². The number of amides is 1. The topological polar surface area (TPSA) is 233 Å². The molecule has 1 spiro atoms. The third-order valence-electron chi connectivity index (χ3n) is 15.5. The number of aliphatic hydroxyl groups is 1. The van der Waals surface area contributed by atoms with Gasteiger partial charge in [0.25, 0.3) is 15.9 Å².